The first-order valence-electron chi connectivity index (χ1n) is 10.0. The Morgan fingerprint density at radius 3 is 1.20 bits per heavy atom. The van der Waals surface area contributed by atoms with E-state index in [-0.39, 0.29) is 26.4 Å². The molecule has 0 radical (unpaired) electrons. The Balaban J connectivity index is 3.68. The van der Waals surface area contributed by atoms with Crippen molar-refractivity contribution in [1.29, 1.82) is 0 Å². The Morgan fingerprint density at radius 2 is 0.933 bits per heavy atom. The van der Waals surface area contributed by atoms with E-state index in [1.807, 2.05) is 6.92 Å². The van der Waals surface area contributed by atoms with Gasteiger partial charge in [0.15, 0.2) is 11.8 Å². The van der Waals surface area contributed by atoms with Crippen LogP contribution in [0.25, 0.3) is 0 Å². The monoisotopic (exact) mass is 422 g/mol. The maximum absolute atomic E-state index is 12.8. The number of hydrogen-bond donors (Lipinski definition) is 0. The lowest BCUT2D eigenvalue weighted by Crippen LogP contribution is -2.43. The molecule has 0 atom stereocenters. The zero-order chi connectivity index (χ0) is 22.7. The molecule has 1 rings (SSSR count). The van der Waals surface area contributed by atoms with E-state index >= 15 is 0 Å². The molecule has 0 heterocycles. The van der Waals surface area contributed by atoms with Crippen molar-refractivity contribution in [2.45, 2.75) is 40.5 Å². The fraction of sp³-hybridized carbons (Fsp3) is 0.545. The van der Waals surface area contributed by atoms with Gasteiger partial charge in [-0.25, -0.2) is 0 Å². The topological polar surface area (TPSA) is 105 Å². The number of carbonyl (C=O) groups excluding carboxylic acids is 4. The summed E-state index contributed by atoms with van der Waals surface area (Å²) in [5.41, 5.74) is 1.34. The first kappa shape index (κ1) is 25.1. The van der Waals surface area contributed by atoms with Crippen LogP contribution in [0.1, 0.15) is 44.7 Å². The van der Waals surface area contributed by atoms with Crippen LogP contribution in [0.2, 0.25) is 0 Å². The fourth-order valence-electron chi connectivity index (χ4n) is 3.07. The molecule has 0 fully saturated rings. The van der Waals surface area contributed by atoms with Crippen molar-refractivity contribution in [3.8, 4) is 0 Å². The maximum atomic E-state index is 12.8. The lowest BCUT2D eigenvalue weighted by Gasteiger charge is -2.29. The summed E-state index contributed by atoms with van der Waals surface area (Å²) in [5, 5.41) is 0. The van der Waals surface area contributed by atoms with Crippen molar-refractivity contribution in [2.75, 3.05) is 26.4 Å². The van der Waals surface area contributed by atoms with E-state index in [0.29, 0.717) is 5.56 Å². The minimum absolute atomic E-state index is 0.0127. The van der Waals surface area contributed by atoms with Gasteiger partial charge in [0.1, 0.15) is 0 Å². The van der Waals surface area contributed by atoms with Crippen molar-refractivity contribution in [1.82, 2.24) is 0 Å². The van der Waals surface area contributed by atoms with Crippen LogP contribution in [0.5, 0.6) is 0 Å². The molecular weight excluding hydrogens is 392 g/mol. The zero-order valence-electron chi connectivity index (χ0n) is 18.1. The predicted molar refractivity (Wildman–Crippen MR) is 107 cm³/mol. The van der Waals surface area contributed by atoms with E-state index in [1.54, 1.807) is 52.0 Å². The molecule has 0 aromatic heterocycles. The standard InChI is InChI=1S/C22H30O8/c1-6-27-19(23)17(20(24)28-7-2)16(15-12-10-14(5)11-13-15)18(21(25)29-8-3)22(26)30-9-4/h10-13,16-18H,6-9H2,1-5H3. The van der Waals surface area contributed by atoms with Crippen LogP contribution in [0.4, 0.5) is 0 Å². The molecule has 0 saturated carbocycles. The van der Waals surface area contributed by atoms with E-state index in [0.717, 1.165) is 5.56 Å². The summed E-state index contributed by atoms with van der Waals surface area (Å²) in [7, 11) is 0. The molecule has 0 spiro atoms. The SMILES string of the molecule is CCOC(=O)C(C(=O)OCC)C(c1ccc(C)cc1)C(C(=O)OCC)C(=O)OCC. The molecule has 0 aliphatic rings. The Morgan fingerprint density at radius 1 is 0.633 bits per heavy atom. The molecule has 8 nitrogen and oxygen atoms in total. The highest BCUT2D eigenvalue weighted by Crippen LogP contribution is 2.36. The van der Waals surface area contributed by atoms with Crippen LogP contribution in [0.3, 0.4) is 0 Å². The van der Waals surface area contributed by atoms with Gasteiger partial charge in [0.25, 0.3) is 0 Å². The van der Waals surface area contributed by atoms with Gasteiger partial charge in [-0.2, -0.15) is 0 Å². The lowest BCUT2D eigenvalue weighted by molar-refractivity contribution is -0.169. The first-order chi connectivity index (χ1) is 14.3. The van der Waals surface area contributed by atoms with Gasteiger partial charge in [0.2, 0.25) is 0 Å². The highest BCUT2D eigenvalue weighted by atomic mass is 16.6. The molecule has 0 aliphatic carbocycles. The average molecular weight is 422 g/mol. The molecule has 8 heteroatoms. The van der Waals surface area contributed by atoms with Gasteiger partial charge in [-0.1, -0.05) is 29.8 Å². The van der Waals surface area contributed by atoms with Gasteiger partial charge in [-0.05, 0) is 40.2 Å². The summed E-state index contributed by atoms with van der Waals surface area (Å²) in [5.74, 6) is -7.87. The van der Waals surface area contributed by atoms with Crippen molar-refractivity contribution in [2.24, 2.45) is 11.8 Å². The Hall–Kier alpha value is -2.90. The van der Waals surface area contributed by atoms with Gasteiger partial charge in [-0.15, -0.1) is 0 Å². The Bertz CT molecular complexity index is 649. The lowest BCUT2D eigenvalue weighted by atomic mass is 9.76. The summed E-state index contributed by atoms with van der Waals surface area (Å²) < 4.78 is 20.3. The van der Waals surface area contributed by atoms with Crippen molar-refractivity contribution < 1.29 is 38.1 Å². The van der Waals surface area contributed by atoms with E-state index in [1.165, 1.54) is 0 Å². The number of benzene rings is 1. The maximum Gasteiger partial charge on any atom is 0.320 e. The largest absolute Gasteiger partial charge is 0.465 e. The highest BCUT2D eigenvalue weighted by molar-refractivity contribution is 6.01. The van der Waals surface area contributed by atoms with E-state index in [9.17, 15) is 19.2 Å². The van der Waals surface area contributed by atoms with Crippen LogP contribution < -0.4 is 0 Å². The summed E-state index contributed by atoms with van der Waals surface area (Å²) in [6.45, 7) is 8.28. The predicted octanol–water partition coefficient (Wildman–Crippen LogP) is 2.56. The third kappa shape index (κ3) is 6.57. The second-order valence-electron chi connectivity index (χ2n) is 6.40. The van der Waals surface area contributed by atoms with Gasteiger partial charge in [0, 0.05) is 5.92 Å². The fourth-order valence-corrected chi connectivity index (χ4v) is 3.07. The second kappa shape index (κ2) is 12.6. The molecule has 0 amide bonds. The quantitative estimate of drug-likeness (QED) is 0.304. The Kier molecular flexibility index (Phi) is 10.6. The average Bonchev–Trinajstić information content (AvgIpc) is 2.69. The van der Waals surface area contributed by atoms with Crippen LogP contribution >= 0.6 is 0 Å². The van der Waals surface area contributed by atoms with Crippen molar-refractivity contribution in [3.05, 3.63) is 35.4 Å². The molecule has 0 unspecified atom stereocenters. The summed E-state index contributed by atoms with van der Waals surface area (Å²) >= 11 is 0. The summed E-state index contributed by atoms with van der Waals surface area (Å²) in [4.78, 5) is 51.1. The third-order valence-electron chi connectivity index (χ3n) is 4.34. The van der Waals surface area contributed by atoms with Gasteiger partial charge in [-0.3, -0.25) is 19.2 Å². The first-order valence-corrected chi connectivity index (χ1v) is 10.0. The van der Waals surface area contributed by atoms with Gasteiger partial charge >= 0.3 is 23.9 Å². The number of carbonyl (C=O) groups is 4. The van der Waals surface area contributed by atoms with E-state index < -0.39 is 41.6 Å². The molecule has 0 aliphatic heterocycles. The van der Waals surface area contributed by atoms with E-state index in [2.05, 4.69) is 0 Å². The molecule has 0 bridgehead atoms. The van der Waals surface area contributed by atoms with Crippen LogP contribution in [0.15, 0.2) is 24.3 Å². The number of hydrogen-bond acceptors (Lipinski definition) is 8. The Labute approximate surface area is 176 Å². The molecule has 30 heavy (non-hydrogen) atoms. The number of aryl methyl sites for hydroxylation is 1. The number of rotatable bonds is 11. The number of ether oxygens (including phenoxy) is 4. The molecule has 0 N–H and O–H groups in total. The third-order valence-corrected chi connectivity index (χ3v) is 4.34. The van der Waals surface area contributed by atoms with E-state index in [4.69, 9.17) is 18.9 Å². The van der Waals surface area contributed by atoms with Gasteiger partial charge < -0.3 is 18.9 Å². The normalized spacial score (nSPS) is 10.8. The van der Waals surface area contributed by atoms with Gasteiger partial charge in [0.05, 0.1) is 26.4 Å². The zero-order valence-corrected chi connectivity index (χ0v) is 18.1. The number of esters is 4. The summed E-state index contributed by atoms with van der Waals surface area (Å²) in [6, 6.07) is 6.81. The van der Waals surface area contributed by atoms with Crippen LogP contribution in [-0.2, 0) is 38.1 Å². The van der Waals surface area contributed by atoms with Crippen molar-refractivity contribution >= 4 is 23.9 Å². The molecule has 0 saturated heterocycles. The molecule has 166 valence electrons. The highest BCUT2D eigenvalue weighted by Gasteiger charge is 2.49. The minimum Gasteiger partial charge on any atom is -0.465 e. The minimum atomic E-state index is -1.55. The second-order valence-corrected chi connectivity index (χ2v) is 6.40. The van der Waals surface area contributed by atoms with Crippen LogP contribution in [-0.4, -0.2) is 50.3 Å². The molecular formula is C22H30O8. The van der Waals surface area contributed by atoms with Crippen LogP contribution in [0, 0.1) is 18.8 Å². The van der Waals surface area contributed by atoms with Crippen molar-refractivity contribution in [3.63, 3.8) is 0 Å². The summed E-state index contributed by atoms with van der Waals surface area (Å²) in [6.07, 6.45) is 0. The smallest absolute Gasteiger partial charge is 0.320 e. The molecule has 1 aromatic carbocycles. The molecule has 1 aromatic rings.